The molecule has 1 atom stereocenters. The van der Waals surface area contributed by atoms with E-state index in [1.54, 1.807) is 17.8 Å². The van der Waals surface area contributed by atoms with Gasteiger partial charge in [0.2, 0.25) is 0 Å². The molecule has 88 valence electrons. The van der Waals surface area contributed by atoms with E-state index in [-0.39, 0.29) is 5.37 Å². The Labute approximate surface area is 117 Å². The molecular formula is C10H7Cl2N3S2. The molecule has 2 N–H and O–H groups in total. The van der Waals surface area contributed by atoms with Crippen molar-refractivity contribution in [1.82, 2.24) is 5.01 Å². The normalized spacial score (nSPS) is 22.5. The molecule has 1 aromatic carbocycles. The fraction of sp³-hybridized carbons (Fsp3) is 0.100. The Morgan fingerprint density at radius 2 is 2.18 bits per heavy atom. The van der Waals surface area contributed by atoms with Crippen LogP contribution in [0.1, 0.15) is 10.9 Å². The largest absolute Gasteiger partial charge is 0.377 e. The summed E-state index contributed by atoms with van der Waals surface area (Å²) in [6.07, 6.45) is 0. The number of nitrogens with two attached hydrogens (primary N) is 1. The molecule has 1 unspecified atom stereocenters. The number of hydrogen-bond donors (Lipinski definition) is 1. The Kier molecular flexibility index (Phi) is 2.94. The van der Waals surface area contributed by atoms with Gasteiger partial charge in [-0.3, -0.25) is 0 Å². The number of hydrazone groups is 1. The first-order chi connectivity index (χ1) is 8.15. The minimum atomic E-state index is 0.0447. The maximum atomic E-state index is 6.20. The van der Waals surface area contributed by atoms with Gasteiger partial charge in [0.05, 0.1) is 0 Å². The first-order valence-electron chi connectivity index (χ1n) is 4.77. The van der Waals surface area contributed by atoms with Crippen LogP contribution in [-0.4, -0.2) is 10.2 Å². The maximum Gasteiger partial charge on any atom is 0.184 e. The Morgan fingerprint density at radius 3 is 2.94 bits per heavy atom. The molecule has 0 bridgehead atoms. The molecule has 0 amide bonds. The molecule has 0 saturated heterocycles. The number of nitrogens with zero attached hydrogens (tertiary/aromatic N) is 2. The second kappa shape index (κ2) is 4.31. The topological polar surface area (TPSA) is 41.6 Å². The average Bonchev–Trinajstić information content (AvgIpc) is 2.78. The number of halogens is 2. The van der Waals surface area contributed by atoms with Crippen molar-refractivity contribution >= 4 is 51.9 Å². The highest BCUT2D eigenvalue weighted by molar-refractivity contribution is 8.18. The van der Waals surface area contributed by atoms with Crippen molar-refractivity contribution in [2.45, 2.75) is 5.37 Å². The van der Waals surface area contributed by atoms with Gasteiger partial charge in [-0.1, -0.05) is 41.0 Å². The van der Waals surface area contributed by atoms with Crippen molar-refractivity contribution in [3.8, 4) is 0 Å². The molecule has 1 aromatic rings. The standard InChI is InChI=1S/C10H7Cl2N3S2/c11-5-1-2-6(7(12)3-5)9-15-8(4-16-9)17-10(13)14-15/h1-4,9H,(H2,13,14). The molecule has 0 spiro atoms. The second-order valence-corrected chi connectivity index (χ2v) is 6.33. The molecule has 0 fully saturated rings. The minimum Gasteiger partial charge on any atom is -0.377 e. The third-order valence-corrected chi connectivity index (χ3v) is 4.98. The third-order valence-electron chi connectivity index (χ3n) is 2.39. The van der Waals surface area contributed by atoms with Crippen molar-refractivity contribution in [2.75, 3.05) is 0 Å². The van der Waals surface area contributed by atoms with Gasteiger partial charge in [-0.05, 0) is 23.9 Å². The quantitative estimate of drug-likeness (QED) is 0.856. The fourth-order valence-corrected chi connectivity index (χ4v) is 4.23. The van der Waals surface area contributed by atoms with Crippen molar-refractivity contribution in [3.05, 3.63) is 44.2 Å². The van der Waals surface area contributed by atoms with Gasteiger partial charge < -0.3 is 5.73 Å². The Hall–Kier alpha value is -0.490. The van der Waals surface area contributed by atoms with E-state index in [0.717, 1.165) is 10.6 Å². The number of thioether (sulfide) groups is 2. The summed E-state index contributed by atoms with van der Waals surface area (Å²) in [5, 5.41) is 11.1. The average molecular weight is 304 g/mol. The monoisotopic (exact) mass is 303 g/mol. The molecule has 2 heterocycles. The molecule has 3 nitrogen and oxygen atoms in total. The van der Waals surface area contributed by atoms with Gasteiger partial charge in [0.1, 0.15) is 10.4 Å². The lowest BCUT2D eigenvalue weighted by atomic mass is 10.2. The van der Waals surface area contributed by atoms with Gasteiger partial charge in [-0.25, -0.2) is 5.01 Å². The molecule has 0 aliphatic carbocycles. The first-order valence-corrected chi connectivity index (χ1v) is 7.28. The summed E-state index contributed by atoms with van der Waals surface area (Å²) < 4.78 is 0. The van der Waals surface area contributed by atoms with Crippen LogP contribution in [0.25, 0.3) is 0 Å². The summed E-state index contributed by atoms with van der Waals surface area (Å²) in [7, 11) is 0. The summed E-state index contributed by atoms with van der Waals surface area (Å²) in [5.74, 6) is 0. The van der Waals surface area contributed by atoms with E-state index >= 15 is 0 Å². The molecule has 3 rings (SSSR count). The van der Waals surface area contributed by atoms with Crippen LogP contribution < -0.4 is 5.73 Å². The van der Waals surface area contributed by atoms with Crippen LogP contribution in [0.2, 0.25) is 10.0 Å². The molecule has 17 heavy (non-hydrogen) atoms. The Bertz CT molecular complexity index is 544. The molecule has 2 aliphatic heterocycles. The second-order valence-electron chi connectivity index (χ2n) is 3.50. The van der Waals surface area contributed by atoms with Crippen LogP contribution in [0.5, 0.6) is 0 Å². The van der Waals surface area contributed by atoms with E-state index in [4.69, 9.17) is 28.9 Å². The lowest BCUT2D eigenvalue weighted by molar-refractivity contribution is 0.387. The van der Waals surface area contributed by atoms with Gasteiger partial charge in [0.15, 0.2) is 5.17 Å². The predicted molar refractivity (Wildman–Crippen MR) is 75.9 cm³/mol. The van der Waals surface area contributed by atoms with Crippen LogP contribution in [0.15, 0.2) is 33.7 Å². The van der Waals surface area contributed by atoms with E-state index < -0.39 is 0 Å². The highest BCUT2D eigenvalue weighted by Crippen LogP contribution is 2.50. The van der Waals surface area contributed by atoms with Gasteiger partial charge in [-0.15, -0.1) is 5.10 Å². The van der Waals surface area contributed by atoms with E-state index in [1.165, 1.54) is 11.8 Å². The van der Waals surface area contributed by atoms with Crippen molar-refractivity contribution in [1.29, 1.82) is 0 Å². The zero-order valence-corrected chi connectivity index (χ0v) is 11.6. The number of fused-ring (bicyclic) bond motifs is 1. The number of benzene rings is 1. The van der Waals surface area contributed by atoms with Crippen LogP contribution in [0, 0.1) is 0 Å². The highest BCUT2D eigenvalue weighted by atomic mass is 35.5. The van der Waals surface area contributed by atoms with Crippen LogP contribution in [0.4, 0.5) is 0 Å². The Morgan fingerprint density at radius 1 is 1.35 bits per heavy atom. The fourth-order valence-electron chi connectivity index (χ4n) is 1.66. The predicted octanol–water partition coefficient (Wildman–Crippen LogP) is 3.82. The lowest BCUT2D eigenvalue weighted by Gasteiger charge is -2.20. The molecule has 7 heteroatoms. The zero-order chi connectivity index (χ0) is 12.0. The minimum absolute atomic E-state index is 0.0447. The number of amidine groups is 1. The summed E-state index contributed by atoms with van der Waals surface area (Å²) >= 11 is 15.2. The third kappa shape index (κ3) is 2.01. The summed E-state index contributed by atoms with van der Waals surface area (Å²) in [4.78, 5) is 0. The van der Waals surface area contributed by atoms with Crippen molar-refractivity contribution in [3.63, 3.8) is 0 Å². The van der Waals surface area contributed by atoms with Gasteiger partial charge in [0, 0.05) is 21.0 Å². The van der Waals surface area contributed by atoms with Crippen molar-refractivity contribution < 1.29 is 0 Å². The first kappa shape index (κ1) is 11.6. The van der Waals surface area contributed by atoms with E-state index in [9.17, 15) is 0 Å². The van der Waals surface area contributed by atoms with E-state index in [1.807, 2.05) is 22.5 Å². The SMILES string of the molecule is NC1=NN2C(=CSC2c2ccc(Cl)cc2Cl)S1. The van der Waals surface area contributed by atoms with Crippen molar-refractivity contribution in [2.24, 2.45) is 10.8 Å². The van der Waals surface area contributed by atoms with E-state index in [0.29, 0.717) is 15.2 Å². The maximum absolute atomic E-state index is 6.20. The lowest BCUT2D eigenvalue weighted by Crippen LogP contribution is -2.13. The summed E-state index contributed by atoms with van der Waals surface area (Å²) in [6.45, 7) is 0. The van der Waals surface area contributed by atoms with Gasteiger partial charge in [0.25, 0.3) is 0 Å². The Balaban J connectivity index is 1.96. The smallest absolute Gasteiger partial charge is 0.184 e. The van der Waals surface area contributed by atoms with Gasteiger partial charge >= 0.3 is 0 Å². The summed E-state index contributed by atoms with van der Waals surface area (Å²) in [5.41, 5.74) is 6.69. The molecular weight excluding hydrogens is 297 g/mol. The number of rotatable bonds is 1. The molecule has 2 aliphatic rings. The summed E-state index contributed by atoms with van der Waals surface area (Å²) in [6, 6.07) is 5.50. The van der Waals surface area contributed by atoms with E-state index in [2.05, 4.69) is 5.10 Å². The zero-order valence-electron chi connectivity index (χ0n) is 8.43. The number of hydrogen-bond acceptors (Lipinski definition) is 5. The molecule has 0 radical (unpaired) electrons. The van der Waals surface area contributed by atoms with Crippen LogP contribution in [0.3, 0.4) is 0 Å². The highest BCUT2D eigenvalue weighted by Gasteiger charge is 2.34. The van der Waals surface area contributed by atoms with Crippen LogP contribution in [-0.2, 0) is 0 Å². The van der Waals surface area contributed by atoms with Gasteiger partial charge in [-0.2, -0.15) is 0 Å². The molecule has 0 saturated carbocycles. The van der Waals surface area contributed by atoms with Crippen LogP contribution >= 0.6 is 46.7 Å². The molecule has 0 aromatic heterocycles.